The number of nitrogens with one attached hydrogen (secondary N) is 2. The molecule has 0 radical (unpaired) electrons. The molecule has 0 saturated carbocycles. The molecule has 0 aliphatic carbocycles. The van der Waals surface area contributed by atoms with Crippen LogP contribution in [0.1, 0.15) is 40.1 Å². The molecule has 7 heteroatoms. The second-order valence-electron chi connectivity index (χ2n) is 5.89. The number of carbonyl (C=O) groups excluding carboxylic acids is 2. The molecular weight excluding hydrogens is 322 g/mol. The minimum absolute atomic E-state index is 0.0337. The van der Waals surface area contributed by atoms with Crippen molar-refractivity contribution in [1.82, 2.24) is 5.32 Å². The Morgan fingerprint density at radius 3 is 2.36 bits per heavy atom. The lowest BCUT2D eigenvalue weighted by atomic mass is 10.1. The molecule has 0 bridgehead atoms. The van der Waals surface area contributed by atoms with Crippen LogP contribution in [0.4, 0.5) is 11.4 Å². The van der Waals surface area contributed by atoms with Gasteiger partial charge in [-0.3, -0.25) is 19.7 Å². The van der Waals surface area contributed by atoms with Crippen molar-refractivity contribution in [2.24, 2.45) is 0 Å². The van der Waals surface area contributed by atoms with Crippen LogP contribution in [0.25, 0.3) is 0 Å². The van der Waals surface area contributed by atoms with Gasteiger partial charge in [0.15, 0.2) is 0 Å². The first kappa shape index (κ1) is 18.1. The maximum absolute atomic E-state index is 12.4. The summed E-state index contributed by atoms with van der Waals surface area (Å²) in [6.07, 6.45) is 0. The Morgan fingerprint density at radius 2 is 1.76 bits per heavy atom. The summed E-state index contributed by atoms with van der Waals surface area (Å²) in [4.78, 5) is 35.0. The van der Waals surface area contributed by atoms with Gasteiger partial charge in [-0.05, 0) is 45.0 Å². The zero-order chi connectivity index (χ0) is 18.6. The number of nitro groups is 1. The van der Waals surface area contributed by atoms with Gasteiger partial charge >= 0.3 is 0 Å². The largest absolute Gasteiger partial charge is 0.350 e. The third kappa shape index (κ3) is 4.41. The van der Waals surface area contributed by atoms with Gasteiger partial charge in [0.2, 0.25) is 0 Å². The van der Waals surface area contributed by atoms with Gasteiger partial charge in [-0.25, -0.2) is 0 Å². The summed E-state index contributed by atoms with van der Waals surface area (Å²) in [6, 6.07) is 10.8. The Bertz CT molecular complexity index is 831. The van der Waals surface area contributed by atoms with Crippen molar-refractivity contribution in [2.75, 3.05) is 5.32 Å². The average molecular weight is 341 g/mol. The molecular formula is C18H19N3O4. The predicted octanol–water partition coefficient (Wildman–Crippen LogP) is 3.29. The highest BCUT2D eigenvalue weighted by atomic mass is 16.6. The molecule has 0 aliphatic heterocycles. The normalized spacial score (nSPS) is 10.4. The zero-order valence-corrected chi connectivity index (χ0v) is 14.2. The predicted molar refractivity (Wildman–Crippen MR) is 94.8 cm³/mol. The van der Waals surface area contributed by atoms with Gasteiger partial charge in [0, 0.05) is 23.2 Å². The first-order valence-electron chi connectivity index (χ1n) is 7.76. The minimum Gasteiger partial charge on any atom is -0.350 e. The van der Waals surface area contributed by atoms with Crippen molar-refractivity contribution in [3.8, 4) is 0 Å². The van der Waals surface area contributed by atoms with E-state index in [1.54, 1.807) is 31.2 Å². The minimum atomic E-state index is -0.497. The van der Waals surface area contributed by atoms with Crippen LogP contribution in [0.3, 0.4) is 0 Å². The van der Waals surface area contributed by atoms with Crippen LogP contribution in [-0.2, 0) is 0 Å². The molecule has 7 nitrogen and oxygen atoms in total. The Morgan fingerprint density at radius 1 is 1.08 bits per heavy atom. The van der Waals surface area contributed by atoms with Crippen molar-refractivity contribution < 1.29 is 14.5 Å². The Hall–Kier alpha value is -3.22. The molecule has 0 aliphatic rings. The molecule has 0 aromatic heterocycles. The van der Waals surface area contributed by atoms with Gasteiger partial charge in [-0.15, -0.1) is 0 Å². The summed E-state index contributed by atoms with van der Waals surface area (Å²) >= 11 is 0. The van der Waals surface area contributed by atoms with Crippen molar-refractivity contribution >= 4 is 23.2 Å². The number of para-hydroxylation sites is 1. The van der Waals surface area contributed by atoms with E-state index < -0.39 is 10.8 Å². The molecule has 130 valence electrons. The molecule has 0 saturated heterocycles. The molecule has 2 rings (SSSR count). The van der Waals surface area contributed by atoms with Gasteiger partial charge in [0.25, 0.3) is 17.5 Å². The number of amides is 2. The maximum Gasteiger partial charge on any atom is 0.272 e. The van der Waals surface area contributed by atoms with Crippen LogP contribution in [0, 0.1) is 17.0 Å². The van der Waals surface area contributed by atoms with E-state index in [1.165, 1.54) is 18.2 Å². The Balaban J connectivity index is 2.25. The smallest absolute Gasteiger partial charge is 0.272 e. The number of aryl methyl sites for hydroxylation is 1. The molecule has 0 heterocycles. The SMILES string of the molecule is Cc1cc(C(=O)Nc2ccccc2C(=O)NC(C)C)ccc1[N+](=O)[O-]. The molecule has 2 amide bonds. The standard InChI is InChI=1S/C18H19N3O4/c1-11(2)19-18(23)14-6-4-5-7-15(14)20-17(22)13-8-9-16(21(24)25)12(3)10-13/h4-11H,1-3H3,(H,19,23)(H,20,22). The Labute approximate surface area is 145 Å². The average Bonchev–Trinajstić information content (AvgIpc) is 2.54. The summed E-state index contributed by atoms with van der Waals surface area (Å²) in [6.45, 7) is 5.26. The third-order valence-corrected chi connectivity index (χ3v) is 3.50. The van der Waals surface area contributed by atoms with Crippen LogP contribution in [0.2, 0.25) is 0 Å². The van der Waals surface area contributed by atoms with E-state index in [9.17, 15) is 19.7 Å². The molecule has 25 heavy (non-hydrogen) atoms. The van der Waals surface area contributed by atoms with Crippen LogP contribution in [0.5, 0.6) is 0 Å². The summed E-state index contributed by atoms with van der Waals surface area (Å²) in [5.74, 6) is -0.728. The molecule has 0 spiro atoms. The van der Waals surface area contributed by atoms with Gasteiger partial charge in [0.1, 0.15) is 0 Å². The van der Waals surface area contributed by atoms with Crippen molar-refractivity contribution in [3.63, 3.8) is 0 Å². The number of benzene rings is 2. The lowest BCUT2D eigenvalue weighted by Gasteiger charge is -2.13. The number of nitrogens with zero attached hydrogens (tertiary/aromatic N) is 1. The first-order valence-corrected chi connectivity index (χ1v) is 7.76. The van der Waals surface area contributed by atoms with Crippen molar-refractivity contribution in [3.05, 3.63) is 69.3 Å². The summed E-state index contributed by atoms with van der Waals surface area (Å²) in [5, 5.41) is 16.3. The van der Waals surface area contributed by atoms with E-state index >= 15 is 0 Å². The fourth-order valence-electron chi connectivity index (χ4n) is 2.33. The number of anilines is 1. The number of hydrogen-bond acceptors (Lipinski definition) is 4. The highest BCUT2D eigenvalue weighted by Crippen LogP contribution is 2.21. The molecule has 2 N–H and O–H groups in total. The van der Waals surface area contributed by atoms with E-state index in [1.807, 2.05) is 13.8 Å². The highest BCUT2D eigenvalue weighted by Gasteiger charge is 2.17. The zero-order valence-electron chi connectivity index (χ0n) is 14.2. The summed E-state index contributed by atoms with van der Waals surface area (Å²) in [7, 11) is 0. The maximum atomic E-state index is 12.4. The number of rotatable bonds is 5. The fourth-order valence-corrected chi connectivity index (χ4v) is 2.33. The van der Waals surface area contributed by atoms with Crippen LogP contribution in [0.15, 0.2) is 42.5 Å². The van der Waals surface area contributed by atoms with Crippen LogP contribution >= 0.6 is 0 Å². The van der Waals surface area contributed by atoms with Crippen molar-refractivity contribution in [2.45, 2.75) is 26.8 Å². The molecule has 0 fully saturated rings. The first-order chi connectivity index (χ1) is 11.8. The topological polar surface area (TPSA) is 101 Å². The van der Waals surface area contributed by atoms with Gasteiger partial charge < -0.3 is 10.6 Å². The lowest BCUT2D eigenvalue weighted by molar-refractivity contribution is -0.385. The monoisotopic (exact) mass is 341 g/mol. The van der Waals surface area contributed by atoms with E-state index in [4.69, 9.17) is 0 Å². The third-order valence-electron chi connectivity index (χ3n) is 3.50. The van der Waals surface area contributed by atoms with E-state index in [0.29, 0.717) is 16.8 Å². The molecule has 0 unspecified atom stereocenters. The quantitative estimate of drug-likeness (QED) is 0.643. The second-order valence-corrected chi connectivity index (χ2v) is 5.89. The number of hydrogen-bond donors (Lipinski definition) is 2. The molecule has 0 atom stereocenters. The highest BCUT2D eigenvalue weighted by molar-refractivity contribution is 6.09. The van der Waals surface area contributed by atoms with E-state index in [-0.39, 0.29) is 23.2 Å². The molecule has 2 aromatic rings. The number of carbonyl (C=O) groups is 2. The number of nitro benzene ring substituents is 1. The summed E-state index contributed by atoms with van der Waals surface area (Å²) < 4.78 is 0. The van der Waals surface area contributed by atoms with Gasteiger partial charge in [0.05, 0.1) is 16.2 Å². The van der Waals surface area contributed by atoms with Crippen LogP contribution in [-0.4, -0.2) is 22.8 Å². The Kier molecular flexibility index (Phi) is 5.49. The van der Waals surface area contributed by atoms with Gasteiger partial charge in [-0.2, -0.15) is 0 Å². The fraction of sp³-hybridized carbons (Fsp3) is 0.222. The van der Waals surface area contributed by atoms with Crippen molar-refractivity contribution in [1.29, 1.82) is 0 Å². The van der Waals surface area contributed by atoms with E-state index in [0.717, 1.165) is 0 Å². The lowest BCUT2D eigenvalue weighted by Crippen LogP contribution is -2.31. The second kappa shape index (κ2) is 7.57. The summed E-state index contributed by atoms with van der Waals surface area (Å²) in [5.41, 5.74) is 1.35. The van der Waals surface area contributed by atoms with Crippen LogP contribution < -0.4 is 10.6 Å². The molecule has 2 aromatic carbocycles. The van der Waals surface area contributed by atoms with E-state index in [2.05, 4.69) is 10.6 Å². The van der Waals surface area contributed by atoms with Gasteiger partial charge in [-0.1, -0.05) is 12.1 Å².